The molecule has 0 aromatic heterocycles. The first kappa shape index (κ1) is 16.3. The third-order valence-electron chi connectivity index (χ3n) is 4.14. The van der Waals surface area contributed by atoms with Gasteiger partial charge in [0.05, 0.1) is 11.0 Å². The molecule has 2 rings (SSSR count). The molecule has 1 aliphatic rings. The van der Waals surface area contributed by atoms with Crippen LogP contribution in [0.3, 0.4) is 0 Å². The highest BCUT2D eigenvalue weighted by atomic mass is 32.2. The zero-order chi connectivity index (χ0) is 15.8. The van der Waals surface area contributed by atoms with E-state index in [0.29, 0.717) is 24.3 Å². The fraction of sp³-hybridized carbons (Fsp3) is 0.600. The maximum atomic E-state index is 12.8. The Kier molecular flexibility index (Phi) is 4.60. The standard InChI is InChI=1S/C15H24N2O3S/c1-10-5-13(16-3)6-11(2)15(10)21(19,20)17(4)9-12-7-14(18)8-12/h5-6,12,14,16,18H,7-9H2,1-4H3. The van der Waals surface area contributed by atoms with E-state index in [1.54, 1.807) is 7.05 Å². The highest BCUT2D eigenvalue weighted by Crippen LogP contribution is 2.31. The number of sulfonamides is 1. The summed E-state index contributed by atoms with van der Waals surface area (Å²) in [5.41, 5.74) is 2.41. The van der Waals surface area contributed by atoms with Crippen LogP contribution in [0, 0.1) is 19.8 Å². The van der Waals surface area contributed by atoms with E-state index in [4.69, 9.17) is 0 Å². The fourth-order valence-electron chi connectivity index (χ4n) is 2.97. The Morgan fingerprint density at radius 1 is 1.29 bits per heavy atom. The molecule has 0 unspecified atom stereocenters. The van der Waals surface area contributed by atoms with Crippen molar-refractivity contribution in [3.8, 4) is 0 Å². The number of anilines is 1. The molecule has 6 heteroatoms. The van der Waals surface area contributed by atoms with Crippen molar-refractivity contribution in [2.75, 3.05) is 26.0 Å². The van der Waals surface area contributed by atoms with E-state index < -0.39 is 10.0 Å². The molecule has 0 heterocycles. The molecule has 0 aliphatic heterocycles. The zero-order valence-electron chi connectivity index (χ0n) is 13.0. The fourth-order valence-corrected chi connectivity index (χ4v) is 4.62. The Bertz CT molecular complexity index is 599. The monoisotopic (exact) mass is 312 g/mol. The van der Waals surface area contributed by atoms with E-state index in [1.165, 1.54) is 4.31 Å². The first-order valence-electron chi connectivity index (χ1n) is 7.19. The quantitative estimate of drug-likeness (QED) is 0.869. The summed E-state index contributed by atoms with van der Waals surface area (Å²) in [6.45, 7) is 4.11. The summed E-state index contributed by atoms with van der Waals surface area (Å²) in [7, 11) is -0.0583. The third-order valence-corrected chi connectivity index (χ3v) is 6.27. The van der Waals surface area contributed by atoms with Crippen LogP contribution < -0.4 is 5.32 Å². The Balaban J connectivity index is 2.26. The predicted octanol–water partition coefficient (Wildman–Crippen LogP) is 1.74. The Labute approximate surface area is 127 Å². The lowest BCUT2D eigenvalue weighted by Crippen LogP contribution is -2.39. The average Bonchev–Trinajstić information content (AvgIpc) is 2.35. The summed E-state index contributed by atoms with van der Waals surface area (Å²) >= 11 is 0. The van der Waals surface area contributed by atoms with Gasteiger partial charge in [-0.1, -0.05) is 0 Å². The van der Waals surface area contributed by atoms with Crippen molar-refractivity contribution in [1.82, 2.24) is 4.31 Å². The van der Waals surface area contributed by atoms with Gasteiger partial charge >= 0.3 is 0 Å². The topological polar surface area (TPSA) is 69.6 Å². The summed E-state index contributed by atoms with van der Waals surface area (Å²) in [6.07, 6.45) is 1.12. The normalized spacial score (nSPS) is 22.2. The number of hydrogen-bond acceptors (Lipinski definition) is 4. The molecular formula is C15H24N2O3S. The molecule has 0 saturated heterocycles. The van der Waals surface area contributed by atoms with E-state index in [1.807, 2.05) is 33.0 Å². The molecule has 1 aromatic rings. The van der Waals surface area contributed by atoms with Crippen molar-refractivity contribution in [3.63, 3.8) is 0 Å². The summed E-state index contributed by atoms with van der Waals surface area (Å²) in [4.78, 5) is 0.392. The van der Waals surface area contributed by atoms with Gasteiger partial charge in [0.15, 0.2) is 0 Å². The highest BCUT2D eigenvalue weighted by Gasteiger charge is 2.32. The van der Waals surface area contributed by atoms with E-state index in [9.17, 15) is 13.5 Å². The average molecular weight is 312 g/mol. The second-order valence-corrected chi connectivity index (χ2v) is 7.95. The van der Waals surface area contributed by atoms with Gasteiger partial charge in [-0.3, -0.25) is 0 Å². The van der Waals surface area contributed by atoms with Crippen molar-refractivity contribution >= 4 is 15.7 Å². The minimum absolute atomic E-state index is 0.260. The van der Waals surface area contributed by atoms with Crippen molar-refractivity contribution in [2.45, 2.75) is 37.7 Å². The minimum atomic E-state index is -3.49. The van der Waals surface area contributed by atoms with Gasteiger partial charge in [-0.25, -0.2) is 12.7 Å². The van der Waals surface area contributed by atoms with Crippen LogP contribution in [0.1, 0.15) is 24.0 Å². The van der Waals surface area contributed by atoms with Crippen LogP contribution in [-0.2, 0) is 10.0 Å². The van der Waals surface area contributed by atoms with Gasteiger partial charge < -0.3 is 10.4 Å². The number of nitrogens with zero attached hydrogens (tertiary/aromatic N) is 1. The van der Waals surface area contributed by atoms with Crippen LogP contribution in [-0.4, -0.2) is 44.6 Å². The molecule has 5 nitrogen and oxygen atoms in total. The van der Waals surface area contributed by atoms with Gasteiger partial charge in [0, 0.05) is 26.3 Å². The van der Waals surface area contributed by atoms with E-state index >= 15 is 0 Å². The van der Waals surface area contributed by atoms with E-state index in [0.717, 1.165) is 16.8 Å². The maximum Gasteiger partial charge on any atom is 0.243 e. The summed E-state index contributed by atoms with van der Waals surface area (Å²) in [5.74, 6) is 0.261. The number of rotatable bonds is 5. The molecule has 1 saturated carbocycles. The molecule has 0 atom stereocenters. The smallest absolute Gasteiger partial charge is 0.243 e. The van der Waals surface area contributed by atoms with Crippen LogP contribution in [0.4, 0.5) is 5.69 Å². The van der Waals surface area contributed by atoms with Crippen LogP contribution in [0.5, 0.6) is 0 Å². The molecule has 21 heavy (non-hydrogen) atoms. The third kappa shape index (κ3) is 3.22. The van der Waals surface area contributed by atoms with Crippen molar-refractivity contribution in [2.24, 2.45) is 5.92 Å². The van der Waals surface area contributed by atoms with Crippen molar-refractivity contribution < 1.29 is 13.5 Å². The first-order chi connectivity index (χ1) is 9.75. The molecule has 0 bridgehead atoms. The second kappa shape index (κ2) is 5.94. The first-order valence-corrected chi connectivity index (χ1v) is 8.63. The highest BCUT2D eigenvalue weighted by molar-refractivity contribution is 7.89. The maximum absolute atomic E-state index is 12.8. The molecule has 0 amide bonds. The van der Waals surface area contributed by atoms with Gasteiger partial charge in [-0.15, -0.1) is 0 Å². The molecular weight excluding hydrogens is 288 g/mol. The molecule has 118 valence electrons. The predicted molar refractivity (Wildman–Crippen MR) is 84.0 cm³/mol. The number of aliphatic hydroxyl groups is 1. The van der Waals surface area contributed by atoms with Gasteiger partial charge in [0.1, 0.15) is 0 Å². The lowest BCUT2D eigenvalue weighted by atomic mass is 9.82. The lowest BCUT2D eigenvalue weighted by Gasteiger charge is -2.34. The van der Waals surface area contributed by atoms with Crippen LogP contribution in [0.25, 0.3) is 0 Å². The SMILES string of the molecule is CNc1cc(C)c(S(=O)(=O)N(C)CC2CC(O)C2)c(C)c1. The van der Waals surface area contributed by atoms with Gasteiger partial charge in [-0.2, -0.15) is 0 Å². The molecule has 2 N–H and O–H groups in total. The summed E-state index contributed by atoms with van der Waals surface area (Å²) in [6, 6.07) is 3.70. The molecule has 0 spiro atoms. The van der Waals surface area contributed by atoms with Gasteiger partial charge in [0.2, 0.25) is 10.0 Å². The molecule has 0 radical (unpaired) electrons. The Morgan fingerprint density at radius 2 is 1.81 bits per heavy atom. The largest absolute Gasteiger partial charge is 0.393 e. The number of hydrogen-bond donors (Lipinski definition) is 2. The second-order valence-electron chi connectivity index (χ2n) is 5.97. The van der Waals surface area contributed by atoms with Crippen LogP contribution in [0.15, 0.2) is 17.0 Å². The van der Waals surface area contributed by atoms with Gasteiger partial charge in [0.25, 0.3) is 0 Å². The van der Waals surface area contributed by atoms with E-state index in [2.05, 4.69) is 5.32 Å². The van der Waals surface area contributed by atoms with E-state index in [-0.39, 0.29) is 12.0 Å². The molecule has 1 aromatic carbocycles. The summed E-state index contributed by atoms with van der Waals surface area (Å²) in [5, 5.41) is 12.4. The van der Waals surface area contributed by atoms with Crippen molar-refractivity contribution in [1.29, 1.82) is 0 Å². The van der Waals surface area contributed by atoms with Gasteiger partial charge in [-0.05, 0) is 55.9 Å². The Hall–Kier alpha value is -1.11. The minimum Gasteiger partial charge on any atom is -0.393 e. The van der Waals surface area contributed by atoms with Crippen LogP contribution >= 0.6 is 0 Å². The lowest BCUT2D eigenvalue weighted by molar-refractivity contribution is 0.0367. The summed E-state index contributed by atoms with van der Waals surface area (Å²) < 4.78 is 27.0. The number of aliphatic hydroxyl groups excluding tert-OH is 1. The zero-order valence-corrected chi connectivity index (χ0v) is 13.9. The van der Waals surface area contributed by atoms with Crippen LogP contribution in [0.2, 0.25) is 0 Å². The van der Waals surface area contributed by atoms with Crippen molar-refractivity contribution in [3.05, 3.63) is 23.3 Å². The molecule has 1 fully saturated rings. The Morgan fingerprint density at radius 3 is 2.24 bits per heavy atom. The molecule has 1 aliphatic carbocycles. The number of benzene rings is 1. The number of aryl methyl sites for hydroxylation is 2. The number of nitrogens with one attached hydrogen (secondary N) is 1.